The summed E-state index contributed by atoms with van der Waals surface area (Å²) in [6, 6.07) is 20.6. The molecule has 4 aromatic rings. The molecule has 1 heterocycles. The number of nitrogens with one attached hydrogen (secondary N) is 2. The molecule has 1 aromatic heterocycles. The minimum Gasteiger partial charge on any atom is -0.479 e. The number of carbonyl (C=O) groups is 3. The van der Waals surface area contributed by atoms with Gasteiger partial charge in [-0.15, -0.1) is 0 Å². The van der Waals surface area contributed by atoms with Crippen molar-refractivity contribution in [1.82, 2.24) is 15.3 Å². The van der Waals surface area contributed by atoms with Crippen molar-refractivity contribution in [2.75, 3.05) is 6.61 Å². The van der Waals surface area contributed by atoms with Gasteiger partial charge in [-0.2, -0.15) is 5.10 Å². The fourth-order valence-corrected chi connectivity index (χ4v) is 5.01. The number of halogens is 2. The maximum atomic E-state index is 13.3. The topological polar surface area (TPSA) is 111 Å². The van der Waals surface area contributed by atoms with Crippen LogP contribution in [0, 0.1) is 6.92 Å². The van der Waals surface area contributed by atoms with Gasteiger partial charge in [0, 0.05) is 33.6 Å². The minimum absolute atomic E-state index is 0.0487. The highest BCUT2D eigenvalue weighted by molar-refractivity contribution is 6.35. The molecule has 9 nitrogen and oxygen atoms in total. The fraction of sp³-hybridized carbons (Fsp3) is 0.250. The van der Waals surface area contributed by atoms with Gasteiger partial charge in [-0.1, -0.05) is 71.7 Å². The van der Waals surface area contributed by atoms with Crippen LogP contribution in [0.3, 0.4) is 0 Å². The summed E-state index contributed by atoms with van der Waals surface area (Å²) in [5.41, 5.74) is 5.77. The van der Waals surface area contributed by atoms with E-state index in [2.05, 4.69) is 15.8 Å². The third-order valence-electron chi connectivity index (χ3n) is 6.72. The van der Waals surface area contributed by atoms with Crippen LogP contribution in [-0.4, -0.2) is 47.3 Å². The Morgan fingerprint density at radius 2 is 1.72 bits per heavy atom. The zero-order valence-electron chi connectivity index (χ0n) is 24.0. The first-order valence-corrected chi connectivity index (χ1v) is 14.5. The first-order valence-electron chi connectivity index (χ1n) is 13.7. The number of benzene rings is 3. The number of hydrogen-bond donors (Lipinski definition) is 2. The molecular weight excluding hydrogens is 591 g/mol. The molecule has 0 aliphatic carbocycles. The molecule has 2 atom stereocenters. The summed E-state index contributed by atoms with van der Waals surface area (Å²) in [5.74, 6) is -1.08. The number of fused-ring (bicyclic) bond motifs is 1. The van der Waals surface area contributed by atoms with Gasteiger partial charge in [-0.3, -0.25) is 14.4 Å². The maximum absolute atomic E-state index is 13.3. The lowest BCUT2D eigenvalue weighted by atomic mass is 10.1. The number of hydrazone groups is 1. The van der Waals surface area contributed by atoms with E-state index in [1.54, 1.807) is 26.0 Å². The van der Waals surface area contributed by atoms with Crippen LogP contribution in [0.4, 0.5) is 0 Å². The fourth-order valence-electron chi connectivity index (χ4n) is 4.56. The lowest BCUT2D eigenvalue weighted by molar-refractivity contribution is -0.143. The molecule has 0 fully saturated rings. The second kappa shape index (κ2) is 14.7. The average Bonchev–Trinajstić information content (AvgIpc) is 3.24. The van der Waals surface area contributed by atoms with E-state index in [4.69, 9.17) is 32.7 Å². The number of esters is 1. The molecule has 0 aliphatic heterocycles. The molecular formula is C32H32Cl2N4O5. The Morgan fingerprint density at radius 3 is 2.44 bits per heavy atom. The highest BCUT2D eigenvalue weighted by atomic mass is 35.5. The Morgan fingerprint density at radius 1 is 1.00 bits per heavy atom. The second-order valence-corrected chi connectivity index (χ2v) is 10.6. The zero-order chi connectivity index (χ0) is 30.9. The van der Waals surface area contributed by atoms with E-state index in [0.29, 0.717) is 10.8 Å². The van der Waals surface area contributed by atoms with E-state index >= 15 is 0 Å². The number of para-hydroxylation sites is 1. The van der Waals surface area contributed by atoms with E-state index < -0.39 is 24.0 Å². The van der Waals surface area contributed by atoms with Crippen LogP contribution in [0.1, 0.15) is 30.7 Å². The van der Waals surface area contributed by atoms with Crippen molar-refractivity contribution in [2.24, 2.45) is 5.10 Å². The number of ether oxygens (including phenoxy) is 2. The van der Waals surface area contributed by atoms with E-state index in [1.165, 1.54) is 12.3 Å². The number of rotatable bonds is 12. The van der Waals surface area contributed by atoms with Crippen LogP contribution in [-0.2, 0) is 32.1 Å². The Hall–Kier alpha value is -4.34. The van der Waals surface area contributed by atoms with Gasteiger partial charge in [-0.25, -0.2) is 5.43 Å². The summed E-state index contributed by atoms with van der Waals surface area (Å²) >= 11 is 12.1. The standard InChI is InChI=1S/C32H32Cl2N4O5/c1-4-42-30(39)19-38-20(2)25(24-12-8-9-13-28(24)38)18-35-37-32(41)27(16-22-10-6-5-7-11-22)36-31(40)21(3)43-29-15-14-23(33)17-26(29)34/h5-15,17-18,21,27H,4,16,19H2,1-3H3,(H,36,40)(H,37,41)/b35-18-/t21-,27-/m0/s1. The normalized spacial score (nSPS) is 12.6. The number of aromatic nitrogens is 1. The van der Waals surface area contributed by atoms with Gasteiger partial charge in [0.2, 0.25) is 0 Å². The lowest BCUT2D eigenvalue weighted by Crippen LogP contribution is -2.50. The summed E-state index contributed by atoms with van der Waals surface area (Å²) in [7, 11) is 0. The number of amides is 2. The molecule has 43 heavy (non-hydrogen) atoms. The maximum Gasteiger partial charge on any atom is 0.325 e. The van der Waals surface area contributed by atoms with Crippen LogP contribution < -0.4 is 15.5 Å². The second-order valence-electron chi connectivity index (χ2n) is 9.73. The Kier molecular flexibility index (Phi) is 10.8. The molecule has 2 amide bonds. The molecule has 3 aromatic carbocycles. The van der Waals surface area contributed by atoms with Crippen LogP contribution in [0.2, 0.25) is 10.0 Å². The van der Waals surface area contributed by atoms with Crippen molar-refractivity contribution >= 4 is 58.1 Å². The molecule has 0 saturated heterocycles. The highest BCUT2D eigenvalue weighted by Crippen LogP contribution is 2.28. The zero-order valence-corrected chi connectivity index (χ0v) is 25.5. The molecule has 0 unspecified atom stereocenters. The lowest BCUT2D eigenvalue weighted by Gasteiger charge is -2.21. The predicted molar refractivity (Wildman–Crippen MR) is 168 cm³/mol. The van der Waals surface area contributed by atoms with Gasteiger partial charge in [0.05, 0.1) is 17.8 Å². The van der Waals surface area contributed by atoms with Gasteiger partial charge >= 0.3 is 5.97 Å². The SMILES string of the molecule is CCOC(=O)Cn1c(C)c(/C=N\NC(=O)[C@H](Cc2ccccc2)NC(=O)[C@H](C)Oc2ccc(Cl)cc2Cl)c2ccccc21. The Balaban J connectivity index is 1.51. The summed E-state index contributed by atoms with van der Waals surface area (Å²) in [5, 5.41) is 8.55. The van der Waals surface area contributed by atoms with Crippen LogP contribution >= 0.6 is 23.2 Å². The summed E-state index contributed by atoms with van der Waals surface area (Å²) < 4.78 is 12.7. The van der Waals surface area contributed by atoms with Crippen molar-refractivity contribution < 1.29 is 23.9 Å². The summed E-state index contributed by atoms with van der Waals surface area (Å²) in [4.78, 5) is 38.7. The van der Waals surface area contributed by atoms with Gasteiger partial charge in [-0.05, 0) is 50.6 Å². The van der Waals surface area contributed by atoms with Crippen molar-refractivity contribution in [2.45, 2.75) is 45.9 Å². The molecule has 0 saturated carbocycles. The van der Waals surface area contributed by atoms with Gasteiger partial charge in [0.15, 0.2) is 6.10 Å². The third kappa shape index (κ3) is 8.15. The highest BCUT2D eigenvalue weighted by Gasteiger charge is 2.25. The molecule has 0 spiro atoms. The molecule has 0 bridgehead atoms. The van der Waals surface area contributed by atoms with Gasteiger partial charge < -0.3 is 19.4 Å². The monoisotopic (exact) mass is 622 g/mol. The Bertz CT molecular complexity index is 1640. The minimum atomic E-state index is -0.957. The first-order chi connectivity index (χ1) is 20.7. The number of hydrogen-bond acceptors (Lipinski definition) is 6. The van der Waals surface area contributed by atoms with E-state index in [-0.39, 0.29) is 30.6 Å². The molecule has 2 N–H and O–H groups in total. The Labute approximate surface area is 259 Å². The largest absolute Gasteiger partial charge is 0.479 e. The average molecular weight is 624 g/mol. The molecule has 0 radical (unpaired) electrons. The van der Waals surface area contributed by atoms with Crippen molar-refractivity contribution in [3.8, 4) is 5.75 Å². The smallest absolute Gasteiger partial charge is 0.325 e. The predicted octanol–water partition coefficient (Wildman–Crippen LogP) is 5.46. The summed E-state index contributed by atoms with van der Waals surface area (Å²) in [6.07, 6.45) is 0.800. The van der Waals surface area contributed by atoms with Crippen molar-refractivity contribution in [3.05, 3.63) is 99.7 Å². The van der Waals surface area contributed by atoms with Crippen LogP contribution in [0.15, 0.2) is 77.9 Å². The number of carbonyl (C=O) groups excluding carboxylic acids is 3. The molecule has 224 valence electrons. The van der Waals surface area contributed by atoms with Crippen molar-refractivity contribution in [3.63, 3.8) is 0 Å². The summed E-state index contributed by atoms with van der Waals surface area (Å²) in [6.45, 7) is 5.53. The van der Waals surface area contributed by atoms with Gasteiger partial charge in [0.1, 0.15) is 18.3 Å². The van der Waals surface area contributed by atoms with Gasteiger partial charge in [0.25, 0.3) is 11.8 Å². The third-order valence-corrected chi connectivity index (χ3v) is 7.25. The van der Waals surface area contributed by atoms with E-state index in [0.717, 1.165) is 27.7 Å². The quantitative estimate of drug-likeness (QED) is 0.124. The van der Waals surface area contributed by atoms with Crippen molar-refractivity contribution in [1.29, 1.82) is 0 Å². The molecule has 0 aliphatic rings. The first kappa shape index (κ1) is 31.6. The van der Waals surface area contributed by atoms with E-state index in [9.17, 15) is 14.4 Å². The molecule has 4 rings (SSSR count). The van der Waals surface area contributed by atoms with Crippen LogP contribution in [0.25, 0.3) is 10.9 Å². The molecule has 11 heteroatoms. The van der Waals surface area contributed by atoms with E-state index in [1.807, 2.05) is 66.1 Å². The van der Waals surface area contributed by atoms with Crippen LogP contribution in [0.5, 0.6) is 5.75 Å². The number of nitrogens with zero attached hydrogens (tertiary/aromatic N) is 2.